The van der Waals surface area contributed by atoms with Crippen LogP contribution >= 0.6 is 0 Å². The molecule has 0 aliphatic carbocycles. The van der Waals surface area contributed by atoms with Crippen molar-refractivity contribution in [2.45, 2.75) is 17.0 Å². The molecule has 2 aromatic carbocycles. The van der Waals surface area contributed by atoms with Crippen molar-refractivity contribution in [3.05, 3.63) is 65.7 Å². The van der Waals surface area contributed by atoms with Gasteiger partial charge in [0, 0.05) is 0 Å². The summed E-state index contributed by atoms with van der Waals surface area (Å²) in [6.07, 6.45) is 0. The first-order chi connectivity index (χ1) is 9.09. The Morgan fingerprint density at radius 1 is 1.00 bits per heavy atom. The SMILES string of the molecule is N[C@@H](c1ccccc1)[C@@H]1NS(=O)(=O)c2ccccc21. The first kappa shape index (κ1) is 12.3. The van der Waals surface area contributed by atoms with Gasteiger partial charge in [-0.25, -0.2) is 13.1 Å². The molecule has 0 bridgehead atoms. The molecule has 0 spiro atoms. The van der Waals surface area contributed by atoms with Crippen molar-refractivity contribution in [1.82, 2.24) is 4.72 Å². The zero-order chi connectivity index (χ0) is 13.5. The Balaban J connectivity index is 2.05. The summed E-state index contributed by atoms with van der Waals surface area (Å²) in [5, 5.41) is 0. The number of hydrogen-bond acceptors (Lipinski definition) is 3. The normalized spacial score (nSPS) is 21.8. The molecule has 4 nitrogen and oxygen atoms in total. The average molecular weight is 274 g/mol. The standard InChI is InChI=1S/C14H14N2O2S/c15-13(10-6-2-1-3-7-10)14-11-8-4-5-9-12(11)19(17,18)16-14/h1-9,13-14,16H,15H2/t13-,14+/m0/s1. The maximum atomic E-state index is 12.0. The third-order valence-electron chi connectivity index (χ3n) is 3.37. The van der Waals surface area contributed by atoms with E-state index in [0.29, 0.717) is 4.90 Å². The van der Waals surface area contributed by atoms with Gasteiger partial charge in [0.25, 0.3) is 0 Å². The Labute approximate surface area is 112 Å². The summed E-state index contributed by atoms with van der Waals surface area (Å²) in [6.45, 7) is 0. The van der Waals surface area contributed by atoms with Gasteiger partial charge < -0.3 is 5.73 Å². The lowest BCUT2D eigenvalue weighted by atomic mass is 9.95. The van der Waals surface area contributed by atoms with Crippen LogP contribution in [0.1, 0.15) is 23.2 Å². The third kappa shape index (κ3) is 2.06. The van der Waals surface area contributed by atoms with Gasteiger partial charge in [0.1, 0.15) is 0 Å². The summed E-state index contributed by atoms with van der Waals surface area (Å²) in [6, 6.07) is 15.6. The minimum atomic E-state index is -3.44. The monoisotopic (exact) mass is 274 g/mol. The molecule has 0 radical (unpaired) electrons. The second-order valence-corrected chi connectivity index (χ2v) is 6.26. The molecule has 1 aliphatic heterocycles. The summed E-state index contributed by atoms with van der Waals surface area (Å²) in [5.41, 5.74) is 7.85. The van der Waals surface area contributed by atoms with Crippen molar-refractivity contribution in [2.24, 2.45) is 5.73 Å². The van der Waals surface area contributed by atoms with Crippen molar-refractivity contribution in [3.63, 3.8) is 0 Å². The molecule has 1 heterocycles. The molecule has 19 heavy (non-hydrogen) atoms. The van der Waals surface area contributed by atoms with Crippen molar-refractivity contribution in [2.75, 3.05) is 0 Å². The van der Waals surface area contributed by atoms with Crippen LogP contribution in [0.15, 0.2) is 59.5 Å². The van der Waals surface area contributed by atoms with E-state index in [1.807, 2.05) is 36.4 Å². The van der Waals surface area contributed by atoms with Gasteiger partial charge in [-0.1, -0.05) is 48.5 Å². The van der Waals surface area contributed by atoms with Crippen LogP contribution in [0.4, 0.5) is 0 Å². The molecule has 0 fully saturated rings. The van der Waals surface area contributed by atoms with E-state index in [9.17, 15) is 8.42 Å². The molecule has 0 aromatic heterocycles. The molecule has 3 rings (SSSR count). The Hall–Kier alpha value is -1.69. The lowest BCUT2D eigenvalue weighted by molar-refractivity contribution is 0.524. The van der Waals surface area contributed by atoms with Crippen LogP contribution in [0, 0.1) is 0 Å². The molecule has 0 unspecified atom stereocenters. The minimum Gasteiger partial charge on any atom is -0.322 e. The second-order valence-electron chi connectivity index (χ2n) is 4.57. The number of nitrogens with two attached hydrogens (primary N) is 1. The molecule has 2 aromatic rings. The highest BCUT2D eigenvalue weighted by Gasteiger charge is 2.37. The van der Waals surface area contributed by atoms with E-state index in [1.54, 1.807) is 18.2 Å². The van der Waals surface area contributed by atoms with E-state index >= 15 is 0 Å². The fraction of sp³-hybridized carbons (Fsp3) is 0.143. The molecule has 3 N–H and O–H groups in total. The van der Waals surface area contributed by atoms with Crippen molar-refractivity contribution in [1.29, 1.82) is 0 Å². The average Bonchev–Trinajstić information content (AvgIpc) is 2.72. The van der Waals surface area contributed by atoms with Crippen LogP contribution < -0.4 is 10.5 Å². The largest absolute Gasteiger partial charge is 0.322 e. The Kier molecular flexibility index (Phi) is 2.89. The van der Waals surface area contributed by atoms with Gasteiger partial charge in [0.15, 0.2) is 0 Å². The van der Waals surface area contributed by atoms with Crippen molar-refractivity contribution in [3.8, 4) is 0 Å². The van der Waals surface area contributed by atoms with Gasteiger partial charge in [-0.15, -0.1) is 0 Å². The predicted octanol–water partition coefficient (Wildman–Crippen LogP) is 1.72. The zero-order valence-corrected chi connectivity index (χ0v) is 11.0. The Morgan fingerprint density at radius 2 is 1.63 bits per heavy atom. The van der Waals surface area contributed by atoms with E-state index in [2.05, 4.69) is 4.72 Å². The molecule has 0 saturated carbocycles. The minimum absolute atomic E-state index is 0.325. The molecule has 0 amide bonds. The Morgan fingerprint density at radius 3 is 2.37 bits per heavy atom. The smallest absolute Gasteiger partial charge is 0.241 e. The van der Waals surface area contributed by atoms with Gasteiger partial charge in [-0.05, 0) is 17.2 Å². The summed E-state index contributed by atoms with van der Waals surface area (Å²) < 4.78 is 26.7. The second kappa shape index (κ2) is 4.45. The number of nitrogens with one attached hydrogen (secondary N) is 1. The van der Waals surface area contributed by atoms with E-state index in [-0.39, 0.29) is 0 Å². The summed E-state index contributed by atoms with van der Waals surface area (Å²) >= 11 is 0. The molecule has 1 aliphatic rings. The molecular formula is C14H14N2O2S. The molecular weight excluding hydrogens is 260 g/mol. The molecule has 0 saturated heterocycles. The highest BCUT2D eigenvalue weighted by molar-refractivity contribution is 7.89. The number of fused-ring (bicyclic) bond motifs is 1. The van der Waals surface area contributed by atoms with Crippen molar-refractivity contribution < 1.29 is 8.42 Å². The summed E-state index contributed by atoms with van der Waals surface area (Å²) in [4.78, 5) is 0.325. The maximum Gasteiger partial charge on any atom is 0.241 e. The van der Waals surface area contributed by atoms with Crippen LogP contribution in [-0.2, 0) is 10.0 Å². The van der Waals surface area contributed by atoms with E-state index in [4.69, 9.17) is 5.73 Å². The van der Waals surface area contributed by atoms with Crippen LogP contribution in [0.5, 0.6) is 0 Å². The van der Waals surface area contributed by atoms with Gasteiger partial charge >= 0.3 is 0 Å². The fourth-order valence-electron chi connectivity index (χ4n) is 2.41. The van der Waals surface area contributed by atoms with Crippen molar-refractivity contribution >= 4 is 10.0 Å². The number of rotatable bonds is 2. The first-order valence-electron chi connectivity index (χ1n) is 6.01. The lowest BCUT2D eigenvalue weighted by Crippen LogP contribution is -2.29. The van der Waals surface area contributed by atoms with Gasteiger partial charge in [0.2, 0.25) is 10.0 Å². The third-order valence-corrected chi connectivity index (χ3v) is 4.88. The molecule has 5 heteroatoms. The van der Waals surface area contributed by atoms with Gasteiger partial charge in [0.05, 0.1) is 17.0 Å². The zero-order valence-electron chi connectivity index (χ0n) is 10.2. The highest BCUT2D eigenvalue weighted by Crippen LogP contribution is 2.37. The topological polar surface area (TPSA) is 72.2 Å². The lowest BCUT2D eigenvalue weighted by Gasteiger charge is -2.19. The van der Waals surface area contributed by atoms with Gasteiger partial charge in [-0.3, -0.25) is 0 Å². The maximum absolute atomic E-state index is 12.0. The van der Waals surface area contributed by atoms with Crippen LogP contribution in [0.3, 0.4) is 0 Å². The first-order valence-corrected chi connectivity index (χ1v) is 7.50. The van der Waals surface area contributed by atoms with E-state index in [1.165, 1.54) is 0 Å². The highest BCUT2D eigenvalue weighted by atomic mass is 32.2. The Bertz CT molecular complexity index is 698. The molecule has 98 valence electrons. The van der Waals surface area contributed by atoms with E-state index in [0.717, 1.165) is 11.1 Å². The van der Waals surface area contributed by atoms with Crippen LogP contribution in [0.25, 0.3) is 0 Å². The summed E-state index contributed by atoms with van der Waals surface area (Å²) in [7, 11) is -3.44. The van der Waals surface area contributed by atoms with Crippen LogP contribution in [0.2, 0.25) is 0 Å². The quantitative estimate of drug-likeness (QED) is 0.876. The fourth-order valence-corrected chi connectivity index (χ4v) is 3.91. The van der Waals surface area contributed by atoms with E-state index < -0.39 is 22.1 Å². The van der Waals surface area contributed by atoms with Crippen LogP contribution in [-0.4, -0.2) is 8.42 Å². The number of benzene rings is 2. The number of sulfonamides is 1. The molecule has 2 atom stereocenters. The van der Waals surface area contributed by atoms with Gasteiger partial charge in [-0.2, -0.15) is 0 Å². The number of hydrogen-bond donors (Lipinski definition) is 2. The summed E-state index contributed by atoms with van der Waals surface area (Å²) in [5.74, 6) is 0. The predicted molar refractivity (Wildman–Crippen MR) is 72.9 cm³/mol.